The summed E-state index contributed by atoms with van der Waals surface area (Å²) in [6.45, 7) is 3.91. The van der Waals surface area contributed by atoms with Gasteiger partial charge in [0.15, 0.2) is 0 Å². The standard InChI is InChI=1S/C10H9N3O.C8H9NO2.C6H12/c1-5-7-4-12-9-6(2-3-11-9)8(7)13-10(5)14;1-2-7-3-5-8(6-4-7)9(10)11;1-2-4-6-5-3-1/h2-5H,1H3,(H,11,12)(H,13,14);3-6H,2H2,1H3;1-6H2. The van der Waals surface area contributed by atoms with E-state index in [2.05, 4.69) is 15.3 Å². The van der Waals surface area contributed by atoms with E-state index in [-0.39, 0.29) is 22.4 Å². The number of nitro benzene ring substituents is 1. The van der Waals surface area contributed by atoms with E-state index in [0.29, 0.717) is 0 Å². The van der Waals surface area contributed by atoms with Gasteiger partial charge in [-0.2, -0.15) is 0 Å². The number of rotatable bonds is 2. The summed E-state index contributed by atoms with van der Waals surface area (Å²) in [6, 6.07) is 8.54. The van der Waals surface area contributed by atoms with Gasteiger partial charge in [-0.3, -0.25) is 14.9 Å². The van der Waals surface area contributed by atoms with Gasteiger partial charge in [0.25, 0.3) is 5.69 Å². The number of amides is 1. The van der Waals surface area contributed by atoms with Crippen LogP contribution in [0.4, 0.5) is 11.4 Å². The van der Waals surface area contributed by atoms with Crippen molar-refractivity contribution >= 4 is 28.3 Å². The molecule has 2 aromatic heterocycles. The molecule has 7 heteroatoms. The Morgan fingerprint density at radius 2 is 1.68 bits per heavy atom. The molecular weight excluding hydrogens is 392 g/mol. The van der Waals surface area contributed by atoms with Crippen molar-refractivity contribution in [3.63, 3.8) is 0 Å². The highest BCUT2D eigenvalue weighted by molar-refractivity contribution is 6.09. The van der Waals surface area contributed by atoms with Crippen LogP contribution in [0.1, 0.15) is 69.4 Å². The van der Waals surface area contributed by atoms with Gasteiger partial charge >= 0.3 is 0 Å². The summed E-state index contributed by atoms with van der Waals surface area (Å²) < 4.78 is 0. The van der Waals surface area contributed by atoms with Crippen LogP contribution in [0.3, 0.4) is 0 Å². The minimum Gasteiger partial charge on any atom is -0.346 e. The monoisotopic (exact) mass is 422 g/mol. The number of hydrogen-bond donors (Lipinski definition) is 2. The Balaban J connectivity index is 0.000000143. The molecular formula is C24H30N4O3. The third kappa shape index (κ3) is 5.69. The lowest BCUT2D eigenvalue weighted by Crippen LogP contribution is -2.08. The molecule has 1 aliphatic carbocycles. The van der Waals surface area contributed by atoms with Gasteiger partial charge in [-0.25, -0.2) is 4.98 Å². The SMILES string of the molecule is C1CCCCC1.CC1C(=O)Nc2c1cnc1[nH]ccc21.CCc1ccc([N+](=O)[O-])cc1. The second-order valence-electron chi connectivity index (χ2n) is 7.94. The number of benzene rings is 1. The molecule has 2 aliphatic rings. The number of carbonyl (C=O) groups is 1. The van der Waals surface area contributed by atoms with Crippen LogP contribution in [0.15, 0.2) is 42.7 Å². The summed E-state index contributed by atoms with van der Waals surface area (Å²) >= 11 is 0. The Kier molecular flexibility index (Phi) is 7.76. The minimum atomic E-state index is -0.389. The van der Waals surface area contributed by atoms with Crippen molar-refractivity contribution in [2.75, 3.05) is 5.32 Å². The number of H-pyrrole nitrogens is 1. The van der Waals surface area contributed by atoms with E-state index >= 15 is 0 Å². The van der Waals surface area contributed by atoms with Gasteiger partial charge in [0.05, 0.1) is 16.5 Å². The number of nitrogens with one attached hydrogen (secondary N) is 2. The summed E-state index contributed by atoms with van der Waals surface area (Å²) in [5.74, 6) is -0.0349. The molecule has 0 bridgehead atoms. The largest absolute Gasteiger partial charge is 0.346 e. The first-order valence-electron chi connectivity index (χ1n) is 11.0. The number of carbonyl (C=O) groups excluding carboxylic acids is 1. The predicted molar refractivity (Wildman–Crippen MR) is 123 cm³/mol. The van der Waals surface area contributed by atoms with Crippen molar-refractivity contribution in [3.8, 4) is 0 Å². The van der Waals surface area contributed by atoms with Crippen LogP contribution in [0.5, 0.6) is 0 Å². The van der Waals surface area contributed by atoms with Gasteiger partial charge in [0, 0.05) is 35.5 Å². The molecule has 0 radical (unpaired) electrons. The number of nitrogens with zero attached hydrogens (tertiary/aromatic N) is 2. The lowest BCUT2D eigenvalue weighted by atomic mass is 10.0. The maximum Gasteiger partial charge on any atom is 0.269 e. The fourth-order valence-electron chi connectivity index (χ4n) is 3.78. The first-order chi connectivity index (χ1) is 15.0. The van der Waals surface area contributed by atoms with Crippen molar-refractivity contribution in [1.29, 1.82) is 0 Å². The van der Waals surface area contributed by atoms with Crippen molar-refractivity contribution in [2.45, 2.75) is 64.7 Å². The Morgan fingerprint density at radius 3 is 2.23 bits per heavy atom. The smallest absolute Gasteiger partial charge is 0.269 e. The third-order valence-corrected chi connectivity index (χ3v) is 5.78. The molecule has 1 unspecified atom stereocenters. The van der Waals surface area contributed by atoms with Gasteiger partial charge in [-0.05, 0) is 25.0 Å². The summed E-state index contributed by atoms with van der Waals surface area (Å²) in [4.78, 5) is 28.5. The maximum absolute atomic E-state index is 11.4. The molecule has 5 rings (SSSR count). The van der Waals surface area contributed by atoms with Crippen LogP contribution in [0.25, 0.3) is 11.0 Å². The summed E-state index contributed by atoms with van der Waals surface area (Å²) in [6.07, 6.45) is 13.5. The molecule has 1 saturated carbocycles. The first-order valence-corrected chi connectivity index (χ1v) is 11.0. The fourth-order valence-corrected chi connectivity index (χ4v) is 3.78. The van der Waals surface area contributed by atoms with E-state index in [1.807, 2.05) is 26.1 Å². The van der Waals surface area contributed by atoms with E-state index in [4.69, 9.17) is 0 Å². The van der Waals surface area contributed by atoms with E-state index in [1.54, 1.807) is 18.3 Å². The molecule has 164 valence electrons. The lowest BCUT2D eigenvalue weighted by molar-refractivity contribution is -0.384. The normalized spacial score (nSPS) is 17.0. The minimum absolute atomic E-state index is 0.0514. The van der Waals surface area contributed by atoms with Crippen molar-refractivity contribution in [1.82, 2.24) is 9.97 Å². The maximum atomic E-state index is 11.4. The number of hydrogen-bond acceptors (Lipinski definition) is 4. The highest BCUT2D eigenvalue weighted by Gasteiger charge is 2.28. The van der Waals surface area contributed by atoms with E-state index < -0.39 is 0 Å². The summed E-state index contributed by atoms with van der Waals surface area (Å²) in [7, 11) is 0. The highest BCUT2D eigenvalue weighted by atomic mass is 16.6. The molecule has 1 fully saturated rings. The Bertz CT molecular complexity index is 1010. The number of pyridine rings is 1. The first kappa shape index (κ1) is 22.5. The van der Waals surface area contributed by atoms with Crippen LogP contribution in [-0.2, 0) is 11.2 Å². The second-order valence-corrected chi connectivity index (χ2v) is 7.94. The molecule has 1 aliphatic heterocycles. The Hall–Kier alpha value is -3.22. The number of aromatic nitrogens is 2. The van der Waals surface area contributed by atoms with Gasteiger partial charge in [0.1, 0.15) is 5.65 Å². The molecule has 7 nitrogen and oxygen atoms in total. The molecule has 3 heterocycles. The quantitative estimate of drug-likeness (QED) is 0.384. The number of nitro groups is 1. The molecule has 0 saturated heterocycles. The van der Waals surface area contributed by atoms with Crippen LogP contribution < -0.4 is 5.32 Å². The zero-order chi connectivity index (χ0) is 22.2. The topological polar surface area (TPSA) is 101 Å². The number of aromatic amines is 1. The number of anilines is 1. The van der Waals surface area contributed by atoms with Crippen molar-refractivity contribution < 1.29 is 9.72 Å². The highest BCUT2D eigenvalue weighted by Crippen LogP contribution is 2.36. The molecule has 1 aromatic carbocycles. The molecule has 1 amide bonds. The predicted octanol–water partition coefficient (Wildman–Crippen LogP) is 6.12. The zero-order valence-electron chi connectivity index (χ0n) is 18.2. The zero-order valence-corrected chi connectivity index (χ0v) is 18.2. The number of fused-ring (bicyclic) bond motifs is 3. The van der Waals surface area contributed by atoms with Crippen molar-refractivity contribution in [3.05, 3.63) is 64.0 Å². The average Bonchev–Trinajstić information content (AvgIpc) is 3.40. The van der Waals surface area contributed by atoms with Gasteiger partial charge < -0.3 is 10.3 Å². The van der Waals surface area contributed by atoms with Gasteiger partial charge in [-0.15, -0.1) is 0 Å². The Morgan fingerprint density at radius 1 is 1.06 bits per heavy atom. The van der Waals surface area contributed by atoms with Gasteiger partial charge in [0.2, 0.25) is 5.91 Å². The van der Waals surface area contributed by atoms with Crippen LogP contribution in [0.2, 0.25) is 0 Å². The lowest BCUT2D eigenvalue weighted by Gasteiger charge is -2.05. The van der Waals surface area contributed by atoms with E-state index in [9.17, 15) is 14.9 Å². The van der Waals surface area contributed by atoms with Crippen LogP contribution >= 0.6 is 0 Å². The second kappa shape index (κ2) is 10.7. The molecule has 0 spiro atoms. The fraction of sp³-hybridized carbons (Fsp3) is 0.417. The molecule has 1 atom stereocenters. The average molecular weight is 423 g/mol. The van der Waals surface area contributed by atoms with Crippen LogP contribution in [-0.4, -0.2) is 20.8 Å². The third-order valence-electron chi connectivity index (χ3n) is 5.78. The Labute approximate surface area is 182 Å². The van der Waals surface area contributed by atoms with Crippen LogP contribution in [0, 0.1) is 10.1 Å². The number of aryl methyl sites for hydroxylation is 1. The summed E-state index contributed by atoms with van der Waals surface area (Å²) in [5, 5.41) is 14.1. The summed E-state index contributed by atoms with van der Waals surface area (Å²) in [5.41, 5.74) is 3.99. The van der Waals surface area contributed by atoms with Gasteiger partial charge in [-0.1, -0.05) is 57.6 Å². The molecule has 31 heavy (non-hydrogen) atoms. The van der Waals surface area contributed by atoms with Crippen molar-refractivity contribution in [2.24, 2.45) is 0 Å². The van der Waals surface area contributed by atoms with E-state index in [0.717, 1.165) is 34.3 Å². The number of non-ortho nitro benzene ring substituents is 1. The molecule has 2 N–H and O–H groups in total. The molecule has 3 aromatic rings. The van der Waals surface area contributed by atoms with E-state index in [1.165, 1.54) is 50.7 Å².